The molecule has 2 rings (SSSR count). The molecule has 2 N–H and O–H groups in total. The fourth-order valence-electron chi connectivity index (χ4n) is 2.24. The average molecular weight is 256 g/mol. The first-order chi connectivity index (χ1) is 8.58. The number of hydrogen-bond acceptors (Lipinski definition) is 4. The van der Waals surface area contributed by atoms with Gasteiger partial charge in [-0.15, -0.1) is 0 Å². The summed E-state index contributed by atoms with van der Waals surface area (Å²) in [5.41, 5.74) is 0. The topological polar surface area (TPSA) is 95.9 Å². The number of likely N-dealkylation sites (tertiary alicyclic amines) is 1. The van der Waals surface area contributed by atoms with E-state index in [1.165, 1.54) is 4.90 Å². The Hall–Kier alpha value is -1.63. The Kier molecular flexibility index (Phi) is 3.81. The third kappa shape index (κ3) is 2.79. The molecule has 0 radical (unpaired) electrons. The number of aliphatic carboxylic acids is 1. The highest BCUT2D eigenvalue weighted by molar-refractivity contribution is 5.86. The van der Waals surface area contributed by atoms with Crippen molar-refractivity contribution >= 4 is 17.8 Å². The zero-order valence-electron chi connectivity index (χ0n) is 9.92. The molecular formula is C11H16N2O5. The molecule has 0 spiro atoms. The van der Waals surface area contributed by atoms with Crippen LogP contribution in [0, 0.1) is 5.92 Å². The summed E-state index contributed by atoms with van der Waals surface area (Å²) in [7, 11) is 0. The van der Waals surface area contributed by atoms with Gasteiger partial charge in [0.15, 0.2) is 0 Å². The quantitative estimate of drug-likeness (QED) is 0.660. The molecule has 2 unspecified atom stereocenters. The van der Waals surface area contributed by atoms with Crippen molar-refractivity contribution in [2.24, 2.45) is 5.92 Å². The standard InChI is InChI=1S/C11H16N2O5/c14-9(4-13-3-1-2-10(13)15)12-8-6-18-5-7(8)11(16)17/h7-8H,1-6H2,(H,12,14)(H,16,17). The molecule has 0 bridgehead atoms. The molecule has 2 aliphatic rings. The van der Waals surface area contributed by atoms with Crippen molar-refractivity contribution in [1.82, 2.24) is 10.2 Å². The number of carboxylic acid groups (broad SMARTS) is 1. The van der Waals surface area contributed by atoms with E-state index in [1.54, 1.807) is 0 Å². The number of hydrogen-bond donors (Lipinski definition) is 2. The highest BCUT2D eigenvalue weighted by atomic mass is 16.5. The van der Waals surface area contributed by atoms with Crippen LogP contribution < -0.4 is 5.32 Å². The second kappa shape index (κ2) is 5.34. The Morgan fingerprint density at radius 1 is 1.44 bits per heavy atom. The summed E-state index contributed by atoms with van der Waals surface area (Å²) in [5.74, 6) is -2.03. The van der Waals surface area contributed by atoms with Crippen LogP contribution in [0.3, 0.4) is 0 Å². The highest BCUT2D eigenvalue weighted by Crippen LogP contribution is 2.14. The van der Waals surface area contributed by atoms with Gasteiger partial charge in [-0.1, -0.05) is 0 Å². The Morgan fingerprint density at radius 2 is 2.22 bits per heavy atom. The maximum atomic E-state index is 11.7. The van der Waals surface area contributed by atoms with Crippen LogP contribution in [0.2, 0.25) is 0 Å². The lowest BCUT2D eigenvalue weighted by atomic mass is 10.0. The van der Waals surface area contributed by atoms with Crippen LogP contribution in [0.4, 0.5) is 0 Å². The van der Waals surface area contributed by atoms with Crippen LogP contribution in [0.1, 0.15) is 12.8 Å². The number of ether oxygens (including phenoxy) is 1. The molecule has 2 amide bonds. The van der Waals surface area contributed by atoms with Gasteiger partial charge in [-0.2, -0.15) is 0 Å². The molecule has 2 fully saturated rings. The summed E-state index contributed by atoms with van der Waals surface area (Å²) in [4.78, 5) is 35.4. The fraction of sp³-hybridized carbons (Fsp3) is 0.727. The number of carbonyl (C=O) groups excluding carboxylic acids is 2. The number of amides is 2. The maximum Gasteiger partial charge on any atom is 0.311 e. The third-order valence-electron chi connectivity index (χ3n) is 3.25. The summed E-state index contributed by atoms with van der Waals surface area (Å²) >= 11 is 0. The lowest BCUT2D eigenvalue weighted by Crippen LogP contribution is -2.46. The second-order valence-electron chi connectivity index (χ2n) is 4.58. The van der Waals surface area contributed by atoms with Gasteiger partial charge in [0.1, 0.15) is 5.92 Å². The normalized spacial score (nSPS) is 27.6. The molecule has 100 valence electrons. The van der Waals surface area contributed by atoms with E-state index in [1.807, 2.05) is 0 Å². The Morgan fingerprint density at radius 3 is 2.83 bits per heavy atom. The van der Waals surface area contributed by atoms with E-state index in [9.17, 15) is 14.4 Å². The van der Waals surface area contributed by atoms with Crippen LogP contribution in [0.5, 0.6) is 0 Å². The van der Waals surface area contributed by atoms with E-state index in [0.29, 0.717) is 13.0 Å². The van der Waals surface area contributed by atoms with Gasteiger partial charge in [-0.3, -0.25) is 14.4 Å². The van der Waals surface area contributed by atoms with Crippen LogP contribution in [-0.4, -0.2) is 60.1 Å². The summed E-state index contributed by atoms with van der Waals surface area (Å²) in [6, 6.07) is -0.507. The molecule has 2 heterocycles. The maximum absolute atomic E-state index is 11.7. The van der Waals surface area contributed by atoms with Crippen LogP contribution in [0.25, 0.3) is 0 Å². The Labute approximate surface area is 104 Å². The molecule has 0 aromatic heterocycles. The minimum Gasteiger partial charge on any atom is -0.481 e. The predicted molar refractivity (Wildman–Crippen MR) is 59.7 cm³/mol. The molecular weight excluding hydrogens is 240 g/mol. The van der Waals surface area contributed by atoms with Gasteiger partial charge >= 0.3 is 5.97 Å². The number of nitrogens with zero attached hydrogens (tertiary/aromatic N) is 1. The Balaban J connectivity index is 1.83. The van der Waals surface area contributed by atoms with Gasteiger partial charge in [0.05, 0.1) is 25.8 Å². The van der Waals surface area contributed by atoms with E-state index in [2.05, 4.69) is 5.32 Å². The van der Waals surface area contributed by atoms with Crippen LogP contribution >= 0.6 is 0 Å². The second-order valence-corrected chi connectivity index (χ2v) is 4.58. The van der Waals surface area contributed by atoms with Crippen molar-refractivity contribution < 1.29 is 24.2 Å². The van der Waals surface area contributed by atoms with Crippen molar-refractivity contribution in [1.29, 1.82) is 0 Å². The third-order valence-corrected chi connectivity index (χ3v) is 3.25. The van der Waals surface area contributed by atoms with Gasteiger partial charge in [-0.05, 0) is 6.42 Å². The SMILES string of the molecule is O=C(CN1CCCC1=O)NC1COCC1C(=O)O. The lowest BCUT2D eigenvalue weighted by Gasteiger charge is -2.19. The molecule has 0 aromatic carbocycles. The molecule has 2 atom stereocenters. The van der Waals surface area contributed by atoms with Crippen molar-refractivity contribution in [3.63, 3.8) is 0 Å². The number of nitrogens with one attached hydrogen (secondary N) is 1. The van der Waals surface area contributed by atoms with Gasteiger partial charge in [0.2, 0.25) is 11.8 Å². The first kappa shape index (κ1) is 12.8. The zero-order valence-corrected chi connectivity index (χ0v) is 9.92. The van der Waals surface area contributed by atoms with E-state index in [0.717, 1.165) is 6.42 Å². The zero-order chi connectivity index (χ0) is 13.1. The lowest BCUT2D eigenvalue weighted by molar-refractivity contribution is -0.142. The summed E-state index contributed by atoms with van der Waals surface area (Å²) in [6.45, 7) is 0.914. The smallest absolute Gasteiger partial charge is 0.311 e. The molecule has 2 aliphatic heterocycles. The molecule has 0 saturated carbocycles. The fourth-order valence-corrected chi connectivity index (χ4v) is 2.24. The average Bonchev–Trinajstić information content (AvgIpc) is 2.89. The van der Waals surface area contributed by atoms with Crippen molar-refractivity contribution in [2.45, 2.75) is 18.9 Å². The van der Waals surface area contributed by atoms with Gasteiger partial charge in [0.25, 0.3) is 0 Å². The minimum absolute atomic E-state index is 0.00166. The Bertz CT molecular complexity index is 370. The molecule has 0 aliphatic carbocycles. The molecule has 0 aromatic rings. The van der Waals surface area contributed by atoms with E-state index in [4.69, 9.17) is 9.84 Å². The van der Waals surface area contributed by atoms with Crippen molar-refractivity contribution in [3.05, 3.63) is 0 Å². The molecule has 18 heavy (non-hydrogen) atoms. The minimum atomic E-state index is -0.977. The summed E-state index contributed by atoms with van der Waals surface area (Å²) < 4.78 is 5.05. The monoisotopic (exact) mass is 256 g/mol. The molecule has 7 nitrogen and oxygen atoms in total. The number of carboxylic acids is 1. The predicted octanol–water partition coefficient (Wildman–Crippen LogP) is -1.18. The molecule has 2 saturated heterocycles. The molecule has 7 heteroatoms. The number of rotatable bonds is 4. The summed E-state index contributed by atoms with van der Waals surface area (Å²) in [5, 5.41) is 11.5. The van der Waals surface area contributed by atoms with Crippen molar-refractivity contribution in [2.75, 3.05) is 26.3 Å². The largest absolute Gasteiger partial charge is 0.481 e. The number of carbonyl (C=O) groups is 3. The van der Waals surface area contributed by atoms with E-state index in [-0.39, 0.29) is 31.6 Å². The van der Waals surface area contributed by atoms with Crippen LogP contribution in [-0.2, 0) is 19.1 Å². The first-order valence-corrected chi connectivity index (χ1v) is 5.95. The van der Waals surface area contributed by atoms with Gasteiger partial charge in [-0.25, -0.2) is 0 Å². The first-order valence-electron chi connectivity index (χ1n) is 5.95. The van der Waals surface area contributed by atoms with Gasteiger partial charge < -0.3 is 20.1 Å². The van der Waals surface area contributed by atoms with Crippen LogP contribution in [0.15, 0.2) is 0 Å². The van der Waals surface area contributed by atoms with Crippen molar-refractivity contribution in [3.8, 4) is 0 Å². The highest BCUT2D eigenvalue weighted by Gasteiger charge is 2.35. The van der Waals surface area contributed by atoms with E-state index >= 15 is 0 Å². The van der Waals surface area contributed by atoms with Gasteiger partial charge in [0, 0.05) is 13.0 Å². The summed E-state index contributed by atoms with van der Waals surface area (Å²) in [6.07, 6.45) is 1.26. The van der Waals surface area contributed by atoms with E-state index < -0.39 is 17.9 Å².